The lowest BCUT2D eigenvalue weighted by molar-refractivity contribution is -0.133. The number of carbonyl (C=O) groups excluding carboxylic acids is 2. The van der Waals surface area contributed by atoms with Crippen LogP contribution in [0.15, 0.2) is 60.0 Å². The van der Waals surface area contributed by atoms with Crippen LogP contribution in [-0.4, -0.2) is 41.4 Å². The van der Waals surface area contributed by atoms with Gasteiger partial charge in [-0.15, -0.1) is 11.3 Å². The molecule has 0 spiro atoms. The predicted molar refractivity (Wildman–Crippen MR) is 122 cm³/mol. The fourth-order valence-electron chi connectivity index (χ4n) is 3.57. The van der Waals surface area contributed by atoms with Crippen molar-refractivity contribution in [1.82, 2.24) is 9.88 Å². The standard InChI is InChI=1S/C24H25N3O3S/c28-22(27-14-8-1-2-9-15-27)16-30-21-13-7-6-12-19(21)23(29)26-24-25-20(17-31-24)18-10-4-3-5-11-18/h3-7,10-13,17H,1-2,8-9,14-16H2,(H,25,26,29). The molecule has 0 aliphatic carbocycles. The molecule has 3 aromatic rings. The molecule has 0 bridgehead atoms. The van der Waals surface area contributed by atoms with E-state index in [1.807, 2.05) is 40.6 Å². The van der Waals surface area contributed by atoms with Crippen LogP contribution >= 0.6 is 11.3 Å². The van der Waals surface area contributed by atoms with Gasteiger partial charge < -0.3 is 9.64 Å². The molecule has 1 saturated heterocycles. The molecule has 2 aromatic carbocycles. The van der Waals surface area contributed by atoms with E-state index in [0.717, 1.165) is 50.0 Å². The number of likely N-dealkylation sites (tertiary alicyclic amines) is 1. The highest BCUT2D eigenvalue weighted by atomic mass is 32.1. The lowest BCUT2D eigenvalue weighted by atomic mass is 10.2. The minimum absolute atomic E-state index is 0.0375. The average Bonchev–Trinajstić information content (AvgIpc) is 3.10. The number of nitrogens with zero attached hydrogens (tertiary/aromatic N) is 2. The minimum atomic E-state index is -0.313. The Bertz CT molecular complexity index is 1030. The van der Waals surface area contributed by atoms with Gasteiger partial charge in [0, 0.05) is 24.0 Å². The second-order valence-electron chi connectivity index (χ2n) is 7.44. The maximum absolute atomic E-state index is 12.9. The van der Waals surface area contributed by atoms with Gasteiger partial charge in [-0.05, 0) is 25.0 Å². The minimum Gasteiger partial charge on any atom is -0.483 e. The zero-order chi connectivity index (χ0) is 21.5. The van der Waals surface area contributed by atoms with Crippen molar-refractivity contribution in [2.24, 2.45) is 0 Å². The largest absolute Gasteiger partial charge is 0.483 e. The number of para-hydroxylation sites is 1. The van der Waals surface area contributed by atoms with Crippen LogP contribution in [0.5, 0.6) is 5.75 Å². The van der Waals surface area contributed by atoms with Crippen LogP contribution in [0.1, 0.15) is 36.0 Å². The zero-order valence-electron chi connectivity index (χ0n) is 17.3. The molecule has 7 heteroatoms. The van der Waals surface area contributed by atoms with Crippen LogP contribution in [0, 0.1) is 0 Å². The van der Waals surface area contributed by atoms with Gasteiger partial charge in [0.2, 0.25) is 0 Å². The van der Waals surface area contributed by atoms with Gasteiger partial charge in [0.1, 0.15) is 5.75 Å². The van der Waals surface area contributed by atoms with E-state index in [1.165, 1.54) is 11.3 Å². The summed E-state index contributed by atoms with van der Waals surface area (Å²) in [5, 5.41) is 5.26. The van der Waals surface area contributed by atoms with Gasteiger partial charge in [-0.3, -0.25) is 14.9 Å². The summed E-state index contributed by atoms with van der Waals surface area (Å²) in [6.07, 6.45) is 4.39. The molecule has 2 heterocycles. The molecule has 160 valence electrons. The molecule has 2 amide bonds. The van der Waals surface area contributed by atoms with E-state index >= 15 is 0 Å². The molecule has 0 atom stereocenters. The molecule has 4 rings (SSSR count). The first-order valence-corrected chi connectivity index (χ1v) is 11.4. The van der Waals surface area contributed by atoms with Crippen LogP contribution in [0.3, 0.4) is 0 Å². The van der Waals surface area contributed by atoms with Crippen LogP contribution in [-0.2, 0) is 4.79 Å². The Morgan fingerprint density at radius 3 is 2.45 bits per heavy atom. The maximum Gasteiger partial charge on any atom is 0.261 e. The molecule has 31 heavy (non-hydrogen) atoms. The quantitative estimate of drug-likeness (QED) is 0.601. The monoisotopic (exact) mass is 435 g/mol. The highest BCUT2D eigenvalue weighted by molar-refractivity contribution is 7.14. The van der Waals surface area contributed by atoms with E-state index in [4.69, 9.17) is 4.74 Å². The molecule has 6 nitrogen and oxygen atoms in total. The van der Waals surface area contributed by atoms with Gasteiger partial charge in [-0.25, -0.2) is 4.98 Å². The molecule has 0 saturated carbocycles. The van der Waals surface area contributed by atoms with E-state index in [0.29, 0.717) is 16.4 Å². The first-order valence-electron chi connectivity index (χ1n) is 10.5. The fraction of sp³-hybridized carbons (Fsp3) is 0.292. The summed E-state index contributed by atoms with van der Waals surface area (Å²) < 4.78 is 5.76. The van der Waals surface area contributed by atoms with Crippen LogP contribution < -0.4 is 10.1 Å². The van der Waals surface area contributed by atoms with Crippen molar-refractivity contribution in [3.05, 3.63) is 65.5 Å². The van der Waals surface area contributed by atoms with E-state index in [-0.39, 0.29) is 18.4 Å². The van der Waals surface area contributed by atoms with E-state index < -0.39 is 0 Å². The maximum atomic E-state index is 12.9. The third kappa shape index (κ3) is 5.49. The SMILES string of the molecule is O=C(Nc1nc(-c2ccccc2)cs1)c1ccccc1OCC(=O)N1CCCCCC1. The van der Waals surface area contributed by atoms with Crippen molar-refractivity contribution in [3.8, 4) is 17.0 Å². The first-order chi connectivity index (χ1) is 15.2. The number of carbonyl (C=O) groups is 2. The summed E-state index contributed by atoms with van der Waals surface area (Å²) in [4.78, 5) is 31.7. The Morgan fingerprint density at radius 1 is 0.968 bits per heavy atom. The Morgan fingerprint density at radius 2 is 1.68 bits per heavy atom. The number of anilines is 1. The van der Waals surface area contributed by atoms with Gasteiger partial charge in [-0.2, -0.15) is 0 Å². The van der Waals surface area contributed by atoms with Crippen LogP contribution in [0.2, 0.25) is 0 Å². The van der Waals surface area contributed by atoms with Gasteiger partial charge in [0.15, 0.2) is 11.7 Å². The number of amides is 2. The Balaban J connectivity index is 1.40. The van der Waals surface area contributed by atoms with Crippen molar-refractivity contribution >= 4 is 28.3 Å². The summed E-state index contributed by atoms with van der Waals surface area (Å²) in [5.74, 6) is 0.0410. The average molecular weight is 436 g/mol. The molecular formula is C24H25N3O3S. The van der Waals surface area contributed by atoms with Crippen molar-refractivity contribution < 1.29 is 14.3 Å². The highest BCUT2D eigenvalue weighted by Crippen LogP contribution is 2.26. The summed E-state index contributed by atoms with van der Waals surface area (Å²) in [7, 11) is 0. The van der Waals surface area contributed by atoms with Gasteiger partial charge in [0.05, 0.1) is 11.3 Å². The number of rotatable bonds is 6. The molecule has 1 aliphatic heterocycles. The highest BCUT2D eigenvalue weighted by Gasteiger charge is 2.19. The number of benzene rings is 2. The number of aromatic nitrogens is 1. The van der Waals surface area contributed by atoms with Crippen molar-refractivity contribution in [2.45, 2.75) is 25.7 Å². The molecule has 1 aliphatic rings. The summed E-state index contributed by atoms with van der Waals surface area (Å²) >= 11 is 1.37. The van der Waals surface area contributed by atoms with Gasteiger partial charge in [0.25, 0.3) is 11.8 Å². The van der Waals surface area contributed by atoms with Gasteiger partial charge >= 0.3 is 0 Å². The number of nitrogens with one attached hydrogen (secondary N) is 1. The summed E-state index contributed by atoms with van der Waals surface area (Å²) in [5.41, 5.74) is 2.19. The Hall–Kier alpha value is -3.19. The van der Waals surface area contributed by atoms with Crippen molar-refractivity contribution in [3.63, 3.8) is 0 Å². The number of hydrogen-bond acceptors (Lipinski definition) is 5. The summed E-state index contributed by atoms with van der Waals surface area (Å²) in [6.45, 7) is 1.48. The second kappa shape index (κ2) is 10.2. The number of hydrogen-bond donors (Lipinski definition) is 1. The number of thiazole rings is 1. The zero-order valence-corrected chi connectivity index (χ0v) is 18.1. The molecule has 1 aromatic heterocycles. The van der Waals surface area contributed by atoms with Crippen LogP contribution in [0.4, 0.5) is 5.13 Å². The fourth-order valence-corrected chi connectivity index (χ4v) is 4.28. The Labute approximate surface area is 185 Å². The molecule has 0 radical (unpaired) electrons. The van der Waals surface area contributed by atoms with E-state index in [9.17, 15) is 9.59 Å². The van der Waals surface area contributed by atoms with E-state index in [1.54, 1.807) is 24.3 Å². The lowest BCUT2D eigenvalue weighted by Crippen LogP contribution is -2.35. The van der Waals surface area contributed by atoms with Crippen LogP contribution in [0.25, 0.3) is 11.3 Å². The number of ether oxygens (including phenoxy) is 1. The first kappa shape index (κ1) is 21.1. The Kier molecular flexibility index (Phi) is 6.94. The molecule has 0 unspecified atom stereocenters. The third-order valence-electron chi connectivity index (χ3n) is 5.24. The topological polar surface area (TPSA) is 71.5 Å². The molecular weight excluding hydrogens is 410 g/mol. The summed E-state index contributed by atoms with van der Waals surface area (Å²) in [6, 6.07) is 16.8. The third-order valence-corrected chi connectivity index (χ3v) is 5.99. The van der Waals surface area contributed by atoms with Crippen molar-refractivity contribution in [2.75, 3.05) is 25.0 Å². The smallest absolute Gasteiger partial charge is 0.261 e. The lowest BCUT2D eigenvalue weighted by Gasteiger charge is -2.20. The second-order valence-corrected chi connectivity index (χ2v) is 8.30. The molecule has 1 fully saturated rings. The predicted octanol–water partition coefficient (Wildman–Crippen LogP) is 4.84. The van der Waals surface area contributed by atoms with E-state index in [2.05, 4.69) is 10.3 Å². The van der Waals surface area contributed by atoms with Gasteiger partial charge in [-0.1, -0.05) is 55.3 Å². The normalized spacial score (nSPS) is 14.0. The molecule has 1 N–H and O–H groups in total. The van der Waals surface area contributed by atoms with Crippen molar-refractivity contribution in [1.29, 1.82) is 0 Å².